The Kier molecular flexibility index (Phi) is 5.51. The van der Waals surface area contributed by atoms with E-state index in [1.54, 1.807) is 24.5 Å². The first kappa shape index (κ1) is 18.4. The van der Waals surface area contributed by atoms with Crippen LogP contribution in [0.1, 0.15) is 54.7 Å². The fourth-order valence-corrected chi connectivity index (χ4v) is 5.92. The van der Waals surface area contributed by atoms with E-state index >= 15 is 0 Å². The van der Waals surface area contributed by atoms with Crippen LogP contribution in [0.5, 0.6) is 0 Å². The summed E-state index contributed by atoms with van der Waals surface area (Å²) in [5.74, 6) is 0. The van der Waals surface area contributed by atoms with Gasteiger partial charge in [-0.05, 0) is 48.5 Å². The second kappa shape index (κ2) is 7.48. The minimum atomic E-state index is -3.54. The number of hydrogen-bond acceptors (Lipinski definition) is 4. The standard InChI is InChI=1S/C19H26N2O2S2/c1-4-5-6-7-11-20-18-15-9-8-14(2)13-17(15)25(22,23)21(3)16-10-12-24-19(16)18/h8-10,12-13,18,20H,4-7,11H2,1-3H3. The molecule has 4 nitrogen and oxygen atoms in total. The highest BCUT2D eigenvalue weighted by atomic mass is 32.2. The quantitative estimate of drug-likeness (QED) is 0.755. The SMILES string of the molecule is CCCCCCNC1c2ccc(C)cc2S(=O)(=O)N(C)c2ccsc21. The highest BCUT2D eigenvalue weighted by Gasteiger charge is 2.35. The molecule has 0 saturated carbocycles. The minimum absolute atomic E-state index is 0.0769. The topological polar surface area (TPSA) is 49.4 Å². The maximum Gasteiger partial charge on any atom is 0.264 e. The number of sulfonamides is 1. The van der Waals surface area contributed by atoms with E-state index in [1.165, 1.54) is 23.6 Å². The van der Waals surface area contributed by atoms with Gasteiger partial charge in [0.25, 0.3) is 10.0 Å². The van der Waals surface area contributed by atoms with E-state index in [-0.39, 0.29) is 6.04 Å². The highest BCUT2D eigenvalue weighted by molar-refractivity contribution is 7.92. The molecule has 1 unspecified atom stereocenters. The van der Waals surface area contributed by atoms with Gasteiger partial charge in [0.05, 0.1) is 21.5 Å². The summed E-state index contributed by atoms with van der Waals surface area (Å²) in [7, 11) is -1.89. The second-order valence-electron chi connectivity index (χ2n) is 6.63. The molecule has 0 spiro atoms. The summed E-state index contributed by atoms with van der Waals surface area (Å²) in [5, 5.41) is 5.59. The Morgan fingerprint density at radius 1 is 1.20 bits per heavy atom. The molecule has 1 N–H and O–H groups in total. The fraction of sp³-hybridized carbons (Fsp3) is 0.474. The van der Waals surface area contributed by atoms with Crippen LogP contribution in [0.25, 0.3) is 0 Å². The molecule has 1 aliphatic rings. The molecule has 3 rings (SSSR count). The van der Waals surface area contributed by atoms with Gasteiger partial charge in [0, 0.05) is 7.05 Å². The Hall–Kier alpha value is -1.37. The lowest BCUT2D eigenvalue weighted by molar-refractivity contribution is 0.555. The van der Waals surface area contributed by atoms with E-state index in [1.807, 2.05) is 30.5 Å². The van der Waals surface area contributed by atoms with Crippen LogP contribution >= 0.6 is 11.3 Å². The number of aryl methyl sites for hydroxylation is 1. The van der Waals surface area contributed by atoms with Gasteiger partial charge in [-0.2, -0.15) is 0 Å². The van der Waals surface area contributed by atoms with Crippen LogP contribution < -0.4 is 9.62 Å². The van der Waals surface area contributed by atoms with Gasteiger partial charge in [0.2, 0.25) is 0 Å². The molecule has 1 aliphatic heterocycles. The normalized spacial score (nSPS) is 18.5. The van der Waals surface area contributed by atoms with E-state index in [4.69, 9.17) is 0 Å². The first-order valence-electron chi connectivity index (χ1n) is 8.87. The Bertz CT molecular complexity index is 843. The summed E-state index contributed by atoms with van der Waals surface area (Å²) in [5.41, 5.74) is 2.60. The van der Waals surface area contributed by atoms with Crippen LogP contribution in [0.15, 0.2) is 34.5 Å². The fourth-order valence-electron chi connectivity index (χ4n) is 3.31. The molecule has 25 heavy (non-hydrogen) atoms. The predicted molar refractivity (Wildman–Crippen MR) is 105 cm³/mol. The molecule has 0 fully saturated rings. The van der Waals surface area contributed by atoms with Gasteiger partial charge in [-0.15, -0.1) is 11.3 Å². The summed E-state index contributed by atoms with van der Waals surface area (Å²) in [6.45, 7) is 5.03. The number of anilines is 1. The zero-order valence-corrected chi connectivity index (χ0v) is 16.7. The van der Waals surface area contributed by atoms with Crippen molar-refractivity contribution in [3.63, 3.8) is 0 Å². The third kappa shape index (κ3) is 3.48. The summed E-state index contributed by atoms with van der Waals surface area (Å²) in [6, 6.07) is 7.59. The van der Waals surface area contributed by atoms with Gasteiger partial charge in [-0.3, -0.25) is 4.31 Å². The molecule has 0 radical (unpaired) electrons. The Labute approximate surface area is 154 Å². The van der Waals surface area contributed by atoms with E-state index in [9.17, 15) is 8.42 Å². The summed E-state index contributed by atoms with van der Waals surface area (Å²) in [6.07, 6.45) is 4.76. The number of hydrogen-bond donors (Lipinski definition) is 1. The first-order valence-corrected chi connectivity index (χ1v) is 11.2. The second-order valence-corrected chi connectivity index (χ2v) is 9.52. The maximum atomic E-state index is 13.1. The molecule has 6 heteroatoms. The monoisotopic (exact) mass is 378 g/mol. The molecule has 1 aromatic heterocycles. The van der Waals surface area contributed by atoms with Crippen molar-refractivity contribution in [2.45, 2.75) is 50.5 Å². The summed E-state index contributed by atoms with van der Waals surface area (Å²) in [4.78, 5) is 1.49. The Morgan fingerprint density at radius 2 is 2.00 bits per heavy atom. The molecule has 1 atom stereocenters. The number of unbranched alkanes of at least 4 members (excludes halogenated alkanes) is 3. The average Bonchev–Trinajstić information content (AvgIpc) is 3.04. The van der Waals surface area contributed by atoms with Crippen LogP contribution in [0, 0.1) is 6.92 Å². The maximum absolute atomic E-state index is 13.1. The zero-order valence-electron chi connectivity index (χ0n) is 15.1. The number of nitrogens with one attached hydrogen (secondary N) is 1. The van der Waals surface area contributed by atoms with Gasteiger partial charge in [0.15, 0.2) is 0 Å². The molecule has 0 bridgehead atoms. The van der Waals surface area contributed by atoms with E-state index in [0.29, 0.717) is 4.90 Å². The van der Waals surface area contributed by atoms with Gasteiger partial charge < -0.3 is 5.32 Å². The molecule has 136 valence electrons. The van der Waals surface area contributed by atoms with Crippen molar-refractivity contribution < 1.29 is 8.42 Å². The molecule has 0 aliphatic carbocycles. The third-order valence-electron chi connectivity index (χ3n) is 4.77. The number of fused-ring (bicyclic) bond motifs is 2. The molecule has 1 aromatic carbocycles. The summed E-state index contributed by atoms with van der Waals surface area (Å²) >= 11 is 1.62. The number of thiophene rings is 1. The van der Waals surface area contributed by atoms with Gasteiger partial charge >= 0.3 is 0 Å². The lowest BCUT2D eigenvalue weighted by Gasteiger charge is -2.19. The molecule has 2 aromatic rings. The van der Waals surface area contributed by atoms with Gasteiger partial charge in [0.1, 0.15) is 0 Å². The first-order chi connectivity index (χ1) is 12.0. The lowest BCUT2D eigenvalue weighted by Crippen LogP contribution is -2.26. The predicted octanol–water partition coefficient (Wildman–Crippen LogP) is 4.45. The van der Waals surface area contributed by atoms with Crippen LogP contribution in [-0.4, -0.2) is 22.0 Å². The van der Waals surface area contributed by atoms with E-state index in [0.717, 1.165) is 34.7 Å². The van der Waals surface area contributed by atoms with Crippen molar-refractivity contribution in [1.82, 2.24) is 5.32 Å². The van der Waals surface area contributed by atoms with Crippen LogP contribution in [0.2, 0.25) is 0 Å². The van der Waals surface area contributed by atoms with Gasteiger partial charge in [-0.25, -0.2) is 8.42 Å². The minimum Gasteiger partial charge on any atom is -0.305 e. The lowest BCUT2D eigenvalue weighted by atomic mass is 10.0. The Balaban J connectivity index is 2.02. The molecule has 0 amide bonds. The van der Waals surface area contributed by atoms with E-state index < -0.39 is 10.0 Å². The van der Waals surface area contributed by atoms with Gasteiger partial charge in [-0.1, -0.05) is 38.3 Å². The van der Waals surface area contributed by atoms with Crippen molar-refractivity contribution in [2.24, 2.45) is 0 Å². The Morgan fingerprint density at radius 3 is 2.76 bits per heavy atom. The van der Waals surface area contributed by atoms with Crippen molar-refractivity contribution >= 4 is 27.0 Å². The van der Waals surface area contributed by atoms with Crippen LogP contribution in [0.3, 0.4) is 0 Å². The smallest absolute Gasteiger partial charge is 0.264 e. The molecular formula is C19H26N2O2S2. The highest BCUT2D eigenvalue weighted by Crippen LogP contribution is 2.43. The van der Waals surface area contributed by atoms with Crippen molar-refractivity contribution in [3.8, 4) is 0 Å². The largest absolute Gasteiger partial charge is 0.305 e. The third-order valence-corrected chi connectivity index (χ3v) is 7.57. The number of rotatable bonds is 6. The average molecular weight is 379 g/mol. The number of benzene rings is 1. The number of nitrogens with zero attached hydrogens (tertiary/aromatic N) is 1. The van der Waals surface area contributed by atoms with E-state index in [2.05, 4.69) is 12.2 Å². The molecule has 0 saturated heterocycles. The van der Waals surface area contributed by atoms with Crippen LogP contribution in [0.4, 0.5) is 5.69 Å². The molecular weight excluding hydrogens is 352 g/mol. The summed E-state index contributed by atoms with van der Waals surface area (Å²) < 4.78 is 27.6. The van der Waals surface area contributed by atoms with Crippen molar-refractivity contribution in [1.29, 1.82) is 0 Å². The zero-order chi connectivity index (χ0) is 18.0. The van der Waals surface area contributed by atoms with Crippen LogP contribution in [-0.2, 0) is 10.0 Å². The van der Waals surface area contributed by atoms with Crippen molar-refractivity contribution in [2.75, 3.05) is 17.9 Å². The molecule has 2 heterocycles. The van der Waals surface area contributed by atoms with Crippen molar-refractivity contribution in [3.05, 3.63) is 45.6 Å².